The van der Waals surface area contributed by atoms with Gasteiger partial charge < -0.3 is 10.4 Å². The van der Waals surface area contributed by atoms with Crippen molar-refractivity contribution >= 4 is 0 Å². The third-order valence-electron chi connectivity index (χ3n) is 5.19. The smallest absolute Gasteiger partial charge is 0.123 e. The molecule has 1 aliphatic carbocycles. The van der Waals surface area contributed by atoms with E-state index < -0.39 is 0 Å². The Hall–Kier alpha value is -1.72. The molecule has 130 valence electrons. The lowest BCUT2D eigenvalue weighted by Gasteiger charge is -2.35. The predicted molar refractivity (Wildman–Crippen MR) is 92.1 cm³/mol. The number of nitrogens with zero attached hydrogens (tertiary/aromatic N) is 2. The second kappa shape index (κ2) is 7.45. The zero-order valence-electron chi connectivity index (χ0n) is 14.4. The van der Waals surface area contributed by atoms with Crippen molar-refractivity contribution in [2.24, 2.45) is 5.92 Å². The Morgan fingerprint density at radius 1 is 1.29 bits per heavy atom. The van der Waals surface area contributed by atoms with Crippen molar-refractivity contribution < 1.29 is 9.50 Å². The molecule has 2 aromatic rings. The number of nitrogens with one attached hydrogen (secondary N) is 1. The van der Waals surface area contributed by atoms with Gasteiger partial charge in [-0.15, -0.1) is 0 Å². The van der Waals surface area contributed by atoms with Crippen LogP contribution in [0.15, 0.2) is 24.3 Å². The quantitative estimate of drug-likeness (QED) is 0.819. The molecule has 2 N–H and O–H groups in total. The highest BCUT2D eigenvalue weighted by molar-refractivity contribution is 5.26. The van der Waals surface area contributed by atoms with Gasteiger partial charge in [0.15, 0.2) is 0 Å². The molecule has 0 radical (unpaired) electrons. The summed E-state index contributed by atoms with van der Waals surface area (Å²) in [5, 5.41) is 17.3. The van der Waals surface area contributed by atoms with E-state index in [1.165, 1.54) is 24.8 Å². The Bertz CT molecular complexity index is 677. The average molecular weight is 331 g/mol. The van der Waals surface area contributed by atoms with Gasteiger partial charge in [0.2, 0.25) is 0 Å². The fraction of sp³-hybridized carbons (Fsp3) is 0.526. The molecule has 1 aliphatic rings. The summed E-state index contributed by atoms with van der Waals surface area (Å²) in [6, 6.07) is 7.11. The summed E-state index contributed by atoms with van der Waals surface area (Å²) >= 11 is 0. The molecule has 0 saturated heterocycles. The van der Waals surface area contributed by atoms with Crippen LogP contribution in [0, 0.1) is 25.6 Å². The molecule has 1 atom stereocenters. The third kappa shape index (κ3) is 3.52. The Morgan fingerprint density at radius 3 is 2.58 bits per heavy atom. The van der Waals surface area contributed by atoms with Crippen LogP contribution in [-0.4, -0.2) is 21.5 Å². The summed E-state index contributed by atoms with van der Waals surface area (Å²) in [6.07, 6.45) is 3.71. The summed E-state index contributed by atoms with van der Waals surface area (Å²) in [5.74, 6) is 0.423. The van der Waals surface area contributed by atoms with E-state index in [-0.39, 0.29) is 18.5 Å². The minimum absolute atomic E-state index is 0.0924. The number of aliphatic hydroxyl groups is 1. The van der Waals surface area contributed by atoms with Gasteiger partial charge in [0.1, 0.15) is 5.82 Å². The maximum atomic E-state index is 13.2. The van der Waals surface area contributed by atoms with Gasteiger partial charge in [-0.05, 0) is 50.3 Å². The van der Waals surface area contributed by atoms with Crippen molar-refractivity contribution in [1.29, 1.82) is 0 Å². The summed E-state index contributed by atoms with van der Waals surface area (Å²) in [5.41, 5.74) is 4.44. The van der Waals surface area contributed by atoms with Gasteiger partial charge >= 0.3 is 0 Å². The minimum Gasteiger partial charge on any atom is -0.394 e. The van der Waals surface area contributed by atoms with Crippen molar-refractivity contribution in [3.8, 4) is 0 Å². The highest BCUT2D eigenvalue weighted by Crippen LogP contribution is 2.38. The van der Waals surface area contributed by atoms with Crippen molar-refractivity contribution in [3.63, 3.8) is 0 Å². The Morgan fingerprint density at radius 2 is 2.00 bits per heavy atom. The second-order valence-corrected chi connectivity index (χ2v) is 6.70. The van der Waals surface area contributed by atoms with Crippen molar-refractivity contribution in [2.45, 2.75) is 52.2 Å². The Kier molecular flexibility index (Phi) is 5.31. The molecule has 24 heavy (non-hydrogen) atoms. The van der Waals surface area contributed by atoms with Crippen LogP contribution < -0.4 is 5.32 Å². The first-order valence-corrected chi connectivity index (χ1v) is 8.72. The van der Waals surface area contributed by atoms with Crippen LogP contribution in [0.1, 0.15) is 47.8 Å². The van der Waals surface area contributed by atoms with E-state index in [0.29, 0.717) is 12.5 Å². The fourth-order valence-corrected chi connectivity index (χ4v) is 3.51. The van der Waals surface area contributed by atoms with E-state index in [2.05, 4.69) is 10.4 Å². The van der Waals surface area contributed by atoms with Gasteiger partial charge in [0.25, 0.3) is 0 Å². The first-order valence-electron chi connectivity index (χ1n) is 8.72. The lowest BCUT2D eigenvalue weighted by molar-refractivity contribution is 0.229. The van der Waals surface area contributed by atoms with Crippen molar-refractivity contribution in [2.75, 3.05) is 6.61 Å². The number of hydrogen-bond acceptors (Lipinski definition) is 3. The molecule has 1 unspecified atom stereocenters. The van der Waals surface area contributed by atoms with Crippen LogP contribution in [0.3, 0.4) is 0 Å². The highest BCUT2D eigenvalue weighted by atomic mass is 19.1. The van der Waals surface area contributed by atoms with Crippen LogP contribution in [0.4, 0.5) is 4.39 Å². The molecule has 1 fully saturated rings. The molecule has 5 heteroatoms. The van der Waals surface area contributed by atoms with E-state index in [4.69, 9.17) is 5.11 Å². The van der Waals surface area contributed by atoms with Crippen LogP contribution in [0.25, 0.3) is 0 Å². The molecule has 3 rings (SSSR count). The van der Waals surface area contributed by atoms with E-state index in [1.807, 2.05) is 30.7 Å². The van der Waals surface area contributed by atoms with E-state index >= 15 is 0 Å². The van der Waals surface area contributed by atoms with Gasteiger partial charge in [-0.1, -0.05) is 18.6 Å². The van der Waals surface area contributed by atoms with Crippen LogP contribution in [0.5, 0.6) is 0 Å². The normalized spacial score (nSPS) is 16.2. The summed E-state index contributed by atoms with van der Waals surface area (Å²) < 4.78 is 15.1. The SMILES string of the molecule is Cc1nn(CCO)c(C)c1CNC(c1ccc(F)cc1)C1CCC1. The Labute approximate surface area is 142 Å². The molecule has 0 amide bonds. The molecule has 4 nitrogen and oxygen atoms in total. The topological polar surface area (TPSA) is 50.1 Å². The number of hydrogen-bond donors (Lipinski definition) is 2. The predicted octanol–water partition coefficient (Wildman–Crippen LogP) is 3.26. The maximum Gasteiger partial charge on any atom is 0.123 e. The average Bonchev–Trinajstić information content (AvgIpc) is 2.77. The lowest BCUT2D eigenvalue weighted by Crippen LogP contribution is -2.32. The molecule has 1 saturated carbocycles. The van der Waals surface area contributed by atoms with Crippen molar-refractivity contribution in [1.82, 2.24) is 15.1 Å². The second-order valence-electron chi connectivity index (χ2n) is 6.70. The molecule has 0 spiro atoms. The van der Waals surface area contributed by atoms with E-state index in [0.717, 1.165) is 23.5 Å². The standard InChI is InChI=1S/C19H26FN3O/c1-13-18(14(2)23(22-13)10-11-24)12-21-19(15-4-3-5-15)16-6-8-17(20)9-7-16/h6-9,15,19,21,24H,3-5,10-12H2,1-2H3. The molecular weight excluding hydrogens is 305 g/mol. The maximum absolute atomic E-state index is 13.2. The van der Waals surface area contributed by atoms with Gasteiger partial charge in [-0.2, -0.15) is 5.10 Å². The van der Waals surface area contributed by atoms with Gasteiger partial charge in [0, 0.05) is 23.8 Å². The molecule has 1 aromatic heterocycles. The van der Waals surface area contributed by atoms with Crippen LogP contribution in [0.2, 0.25) is 0 Å². The zero-order chi connectivity index (χ0) is 17.1. The number of rotatable bonds is 7. The van der Waals surface area contributed by atoms with Gasteiger partial charge in [0.05, 0.1) is 18.8 Å². The molecule has 1 heterocycles. The van der Waals surface area contributed by atoms with E-state index in [1.54, 1.807) is 12.1 Å². The zero-order valence-corrected chi connectivity index (χ0v) is 14.4. The molecule has 0 aliphatic heterocycles. The third-order valence-corrected chi connectivity index (χ3v) is 5.19. The first-order chi connectivity index (χ1) is 11.6. The van der Waals surface area contributed by atoms with Crippen LogP contribution >= 0.6 is 0 Å². The van der Waals surface area contributed by atoms with E-state index in [9.17, 15) is 4.39 Å². The Balaban J connectivity index is 1.75. The largest absolute Gasteiger partial charge is 0.394 e. The van der Waals surface area contributed by atoms with Crippen LogP contribution in [-0.2, 0) is 13.1 Å². The lowest BCUT2D eigenvalue weighted by atomic mass is 9.77. The number of benzene rings is 1. The number of aliphatic hydroxyl groups excluding tert-OH is 1. The van der Waals surface area contributed by atoms with Crippen molar-refractivity contribution in [3.05, 3.63) is 52.6 Å². The molecule has 0 bridgehead atoms. The first kappa shape index (κ1) is 17.1. The number of aromatic nitrogens is 2. The fourth-order valence-electron chi connectivity index (χ4n) is 3.51. The number of halogens is 1. The highest BCUT2D eigenvalue weighted by Gasteiger charge is 2.28. The molecule has 1 aromatic carbocycles. The minimum atomic E-state index is -0.192. The summed E-state index contributed by atoms with van der Waals surface area (Å²) in [4.78, 5) is 0. The monoisotopic (exact) mass is 331 g/mol. The summed E-state index contributed by atoms with van der Waals surface area (Å²) in [6.45, 7) is 5.41. The summed E-state index contributed by atoms with van der Waals surface area (Å²) in [7, 11) is 0. The van der Waals surface area contributed by atoms with Gasteiger partial charge in [-0.25, -0.2) is 4.39 Å². The van der Waals surface area contributed by atoms with Gasteiger partial charge in [-0.3, -0.25) is 4.68 Å². The number of aryl methyl sites for hydroxylation is 1. The molecular formula is C19H26FN3O.